The van der Waals surface area contributed by atoms with Gasteiger partial charge in [0.05, 0.1) is 10.8 Å². The Kier molecular flexibility index (Phi) is 5.90. The van der Waals surface area contributed by atoms with E-state index in [0.29, 0.717) is 54.8 Å². The zero-order valence-corrected chi connectivity index (χ0v) is 18.1. The molecule has 2 aliphatic heterocycles. The van der Waals surface area contributed by atoms with Gasteiger partial charge in [-0.25, -0.2) is 8.42 Å². The van der Waals surface area contributed by atoms with Crippen molar-refractivity contribution in [1.29, 1.82) is 0 Å². The highest BCUT2D eigenvalue weighted by Gasteiger charge is 2.33. The Morgan fingerprint density at radius 2 is 1.90 bits per heavy atom. The van der Waals surface area contributed by atoms with Crippen molar-refractivity contribution in [3.05, 3.63) is 47.0 Å². The minimum absolute atomic E-state index is 0.129. The fourth-order valence-electron chi connectivity index (χ4n) is 3.62. The number of halogens is 1. The van der Waals surface area contributed by atoms with Crippen LogP contribution in [0.5, 0.6) is 11.5 Å². The van der Waals surface area contributed by atoms with E-state index in [-0.39, 0.29) is 17.3 Å². The van der Waals surface area contributed by atoms with Crippen LogP contribution in [0.4, 0.5) is 5.69 Å². The molecular formula is C21H23ClN2O5S. The number of piperidine rings is 1. The van der Waals surface area contributed by atoms with Crippen LogP contribution in [0.3, 0.4) is 0 Å². The number of amides is 1. The molecule has 1 N–H and O–H groups in total. The number of aryl methyl sites for hydroxylation is 1. The van der Waals surface area contributed by atoms with Crippen LogP contribution in [0.15, 0.2) is 41.3 Å². The normalized spacial score (nSPS) is 19.3. The van der Waals surface area contributed by atoms with E-state index in [2.05, 4.69) is 5.32 Å². The summed E-state index contributed by atoms with van der Waals surface area (Å²) in [6, 6.07) is 9.92. The van der Waals surface area contributed by atoms with Crippen LogP contribution in [-0.4, -0.2) is 44.9 Å². The van der Waals surface area contributed by atoms with Gasteiger partial charge in [0.2, 0.25) is 15.9 Å². The highest BCUT2D eigenvalue weighted by molar-refractivity contribution is 7.89. The Morgan fingerprint density at radius 1 is 1.13 bits per heavy atom. The minimum atomic E-state index is -3.72. The second-order valence-corrected chi connectivity index (χ2v) is 9.81. The number of ether oxygens (including phenoxy) is 2. The average Bonchev–Trinajstić information content (AvgIpc) is 2.75. The number of carbonyl (C=O) groups is 1. The summed E-state index contributed by atoms with van der Waals surface area (Å²) in [5.74, 6) is 0.574. The molecule has 7 nitrogen and oxygen atoms in total. The van der Waals surface area contributed by atoms with E-state index in [0.717, 1.165) is 5.56 Å². The smallest absolute Gasteiger partial charge is 0.243 e. The van der Waals surface area contributed by atoms with Gasteiger partial charge in [-0.2, -0.15) is 4.31 Å². The van der Waals surface area contributed by atoms with Crippen LogP contribution < -0.4 is 14.8 Å². The maximum atomic E-state index is 13.0. The molecule has 4 rings (SSSR count). The molecule has 9 heteroatoms. The molecule has 1 saturated heterocycles. The highest BCUT2D eigenvalue weighted by atomic mass is 35.5. The number of anilines is 1. The predicted molar refractivity (Wildman–Crippen MR) is 114 cm³/mol. The zero-order chi connectivity index (χ0) is 21.3. The van der Waals surface area contributed by atoms with Gasteiger partial charge in [-0.1, -0.05) is 17.7 Å². The standard InChI is InChI=1S/C21H23ClN2O5S/c1-14-4-6-17(12-18(14)22)30(26,27)24-8-2-3-15(13-24)21(25)23-16-5-7-19-20(11-16)29-10-9-28-19/h4-7,11-12,15H,2-3,8-10,13H2,1H3,(H,23,25)/t15-/m0/s1. The van der Waals surface area contributed by atoms with E-state index in [1.165, 1.54) is 10.4 Å². The molecule has 2 aromatic rings. The lowest BCUT2D eigenvalue weighted by Crippen LogP contribution is -2.43. The van der Waals surface area contributed by atoms with Crippen LogP contribution in [0.1, 0.15) is 18.4 Å². The molecule has 1 amide bonds. The van der Waals surface area contributed by atoms with E-state index in [4.69, 9.17) is 21.1 Å². The summed E-state index contributed by atoms with van der Waals surface area (Å²) in [6.07, 6.45) is 1.23. The molecule has 0 saturated carbocycles. The molecule has 2 heterocycles. The monoisotopic (exact) mass is 450 g/mol. The van der Waals surface area contributed by atoms with Gasteiger partial charge in [0, 0.05) is 29.9 Å². The van der Waals surface area contributed by atoms with Crippen LogP contribution in [0.25, 0.3) is 0 Å². The van der Waals surface area contributed by atoms with Crippen molar-refractivity contribution >= 4 is 33.2 Å². The molecule has 2 aliphatic rings. The molecule has 0 bridgehead atoms. The molecule has 1 atom stereocenters. The Bertz CT molecular complexity index is 1070. The molecule has 2 aromatic carbocycles. The third-order valence-corrected chi connectivity index (χ3v) is 7.61. The summed E-state index contributed by atoms with van der Waals surface area (Å²) in [5, 5.41) is 3.28. The van der Waals surface area contributed by atoms with Crippen LogP contribution in [-0.2, 0) is 14.8 Å². The summed E-state index contributed by atoms with van der Waals surface area (Å²) >= 11 is 6.11. The van der Waals surface area contributed by atoms with Crippen molar-refractivity contribution < 1.29 is 22.7 Å². The van der Waals surface area contributed by atoms with E-state index in [1.54, 1.807) is 30.3 Å². The molecular weight excluding hydrogens is 428 g/mol. The van der Waals surface area contributed by atoms with Gasteiger partial charge >= 0.3 is 0 Å². The van der Waals surface area contributed by atoms with Crippen LogP contribution in [0, 0.1) is 12.8 Å². The minimum Gasteiger partial charge on any atom is -0.486 e. The first-order valence-corrected chi connectivity index (χ1v) is 11.6. The van der Waals surface area contributed by atoms with Crippen LogP contribution >= 0.6 is 11.6 Å². The summed E-state index contributed by atoms with van der Waals surface area (Å²) in [4.78, 5) is 13.0. The third-order valence-electron chi connectivity index (χ3n) is 5.35. The number of carbonyl (C=O) groups excluding carboxylic acids is 1. The lowest BCUT2D eigenvalue weighted by molar-refractivity contribution is -0.120. The zero-order valence-electron chi connectivity index (χ0n) is 16.6. The summed E-state index contributed by atoms with van der Waals surface area (Å²) in [6.45, 7) is 3.28. The molecule has 0 spiro atoms. The fraction of sp³-hybridized carbons (Fsp3) is 0.381. The van der Waals surface area contributed by atoms with E-state index >= 15 is 0 Å². The Balaban J connectivity index is 1.46. The SMILES string of the molecule is Cc1ccc(S(=O)(=O)N2CCC[C@H](C(=O)Nc3ccc4c(c3)OCCO4)C2)cc1Cl. The molecule has 0 unspecified atom stereocenters. The van der Waals surface area contributed by atoms with E-state index in [1.807, 2.05) is 6.92 Å². The lowest BCUT2D eigenvalue weighted by Gasteiger charge is -2.31. The highest BCUT2D eigenvalue weighted by Crippen LogP contribution is 2.33. The van der Waals surface area contributed by atoms with Crippen molar-refractivity contribution in [1.82, 2.24) is 4.31 Å². The third kappa shape index (κ3) is 4.26. The summed E-state index contributed by atoms with van der Waals surface area (Å²) in [5.41, 5.74) is 1.40. The molecule has 30 heavy (non-hydrogen) atoms. The number of nitrogens with one attached hydrogen (secondary N) is 1. The number of hydrogen-bond donors (Lipinski definition) is 1. The second-order valence-electron chi connectivity index (χ2n) is 7.46. The van der Waals surface area contributed by atoms with Crippen LogP contribution in [0.2, 0.25) is 5.02 Å². The molecule has 160 valence electrons. The number of nitrogens with zero attached hydrogens (tertiary/aromatic N) is 1. The number of rotatable bonds is 4. The number of sulfonamides is 1. The molecule has 0 aromatic heterocycles. The number of benzene rings is 2. The Hall–Kier alpha value is -2.29. The van der Waals surface area contributed by atoms with Gasteiger partial charge < -0.3 is 14.8 Å². The maximum absolute atomic E-state index is 13.0. The average molecular weight is 451 g/mol. The predicted octanol–water partition coefficient (Wildman–Crippen LogP) is 3.46. The number of hydrogen-bond acceptors (Lipinski definition) is 5. The Morgan fingerprint density at radius 3 is 2.67 bits per heavy atom. The van der Waals surface area contributed by atoms with Gasteiger partial charge in [0.15, 0.2) is 11.5 Å². The van der Waals surface area contributed by atoms with Crippen molar-refractivity contribution in [3.8, 4) is 11.5 Å². The summed E-state index contributed by atoms with van der Waals surface area (Å²) < 4.78 is 38.5. The van der Waals surface area contributed by atoms with Gasteiger partial charge in [-0.05, 0) is 49.6 Å². The quantitative estimate of drug-likeness (QED) is 0.771. The number of fused-ring (bicyclic) bond motifs is 1. The van der Waals surface area contributed by atoms with Crippen molar-refractivity contribution in [3.63, 3.8) is 0 Å². The second kappa shape index (κ2) is 8.45. The maximum Gasteiger partial charge on any atom is 0.243 e. The van der Waals surface area contributed by atoms with Gasteiger partial charge in [0.25, 0.3) is 0 Å². The molecule has 0 radical (unpaired) electrons. The first kappa shape index (κ1) is 21.0. The lowest BCUT2D eigenvalue weighted by atomic mass is 9.98. The fourth-order valence-corrected chi connectivity index (χ4v) is 5.42. The molecule has 0 aliphatic carbocycles. The largest absolute Gasteiger partial charge is 0.486 e. The van der Waals surface area contributed by atoms with Gasteiger partial charge in [-0.15, -0.1) is 0 Å². The van der Waals surface area contributed by atoms with Crippen molar-refractivity contribution in [2.45, 2.75) is 24.7 Å². The van der Waals surface area contributed by atoms with E-state index in [9.17, 15) is 13.2 Å². The topological polar surface area (TPSA) is 84.9 Å². The summed E-state index contributed by atoms with van der Waals surface area (Å²) in [7, 11) is -3.72. The first-order chi connectivity index (χ1) is 14.3. The first-order valence-electron chi connectivity index (χ1n) is 9.81. The molecule has 1 fully saturated rings. The Labute approximate surface area is 181 Å². The van der Waals surface area contributed by atoms with E-state index < -0.39 is 15.9 Å². The van der Waals surface area contributed by atoms with Gasteiger partial charge in [-0.3, -0.25) is 4.79 Å². The van der Waals surface area contributed by atoms with Crippen molar-refractivity contribution in [2.24, 2.45) is 5.92 Å². The van der Waals surface area contributed by atoms with Crippen molar-refractivity contribution in [2.75, 3.05) is 31.6 Å². The van der Waals surface area contributed by atoms with Gasteiger partial charge in [0.1, 0.15) is 13.2 Å².